The molecule has 0 aliphatic rings. The molecule has 0 spiro atoms. The number of amides is 2. The van der Waals surface area contributed by atoms with E-state index in [9.17, 15) is 9.59 Å². The van der Waals surface area contributed by atoms with Gasteiger partial charge in [-0.05, 0) is 31.5 Å². The van der Waals surface area contributed by atoms with Crippen LogP contribution in [0.4, 0.5) is 4.79 Å². The highest BCUT2D eigenvalue weighted by molar-refractivity contribution is 6.35. The van der Waals surface area contributed by atoms with E-state index < -0.39 is 18.0 Å². The minimum atomic E-state index is -1.10. The number of rotatable bonds is 4. The SMILES string of the molecule is CC(NC(=O)NC(C)c1ccc(Cl)cc1Cl)C(=O)O. The first kappa shape index (κ1) is 15.6. The topological polar surface area (TPSA) is 78.4 Å². The van der Waals surface area contributed by atoms with Crippen LogP contribution in [0.5, 0.6) is 0 Å². The summed E-state index contributed by atoms with van der Waals surface area (Å²) in [7, 11) is 0. The van der Waals surface area contributed by atoms with Gasteiger partial charge >= 0.3 is 12.0 Å². The summed E-state index contributed by atoms with van der Waals surface area (Å²) in [5.41, 5.74) is 0.698. The first-order valence-electron chi connectivity index (χ1n) is 5.56. The van der Waals surface area contributed by atoms with Gasteiger partial charge in [-0.3, -0.25) is 4.79 Å². The van der Waals surface area contributed by atoms with Crippen LogP contribution in [0.25, 0.3) is 0 Å². The minimum absolute atomic E-state index is 0.370. The van der Waals surface area contributed by atoms with E-state index >= 15 is 0 Å². The van der Waals surface area contributed by atoms with Gasteiger partial charge in [0.25, 0.3) is 0 Å². The van der Waals surface area contributed by atoms with Crippen molar-refractivity contribution in [1.82, 2.24) is 10.6 Å². The van der Waals surface area contributed by atoms with Crippen molar-refractivity contribution in [3.63, 3.8) is 0 Å². The molecule has 2 amide bonds. The Morgan fingerprint density at radius 3 is 2.37 bits per heavy atom. The van der Waals surface area contributed by atoms with Crippen molar-refractivity contribution in [2.24, 2.45) is 0 Å². The molecule has 0 saturated carbocycles. The number of urea groups is 1. The molecule has 1 aromatic rings. The van der Waals surface area contributed by atoms with Gasteiger partial charge in [-0.25, -0.2) is 4.79 Å². The molecule has 3 N–H and O–H groups in total. The van der Waals surface area contributed by atoms with Crippen LogP contribution < -0.4 is 10.6 Å². The van der Waals surface area contributed by atoms with Crippen molar-refractivity contribution in [1.29, 1.82) is 0 Å². The van der Waals surface area contributed by atoms with E-state index in [1.165, 1.54) is 6.92 Å². The van der Waals surface area contributed by atoms with Gasteiger partial charge in [-0.1, -0.05) is 29.3 Å². The molecule has 1 rings (SSSR count). The summed E-state index contributed by atoms with van der Waals surface area (Å²) in [5, 5.41) is 14.5. The normalized spacial score (nSPS) is 13.5. The third kappa shape index (κ3) is 4.61. The molecule has 0 bridgehead atoms. The monoisotopic (exact) mass is 304 g/mol. The first-order valence-corrected chi connectivity index (χ1v) is 6.31. The molecule has 2 unspecified atom stereocenters. The maximum absolute atomic E-state index is 11.6. The van der Waals surface area contributed by atoms with Gasteiger partial charge in [-0.15, -0.1) is 0 Å². The Morgan fingerprint density at radius 1 is 1.21 bits per heavy atom. The lowest BCUT2D eigenvalue weighted by Gasteiger charge is -2.17. The largest absolute Gasteiger partial charge is 0.480 e. The average molecular weight is 305 g/mol. The number of halogens is 2. The van der Waals surface area contributed by atoms with Gasteiger partial charge in [0.15, 0.2) is 0 Å². The molecule has 0 aromatic heterocycles. The highest BCUT2D eigenvalue weighted by Gasteiger charge is 2.17. The van der Waals surface area contributed by atoms with E-state index in [0.29, 0.717) is 15.6 Å². The van der Waals surface area contributed by atoms with Crippen molar-refractivity contribution < 1.29 is 14.7 Å². The number of carboxylic acids is 1. The standard InChI is InChI=1S/C12H14Cl2N2O3/c1-6(9-4-3-8(13)5-10(9)14)15-12(19)16-7(2)11(17)18/h3-7H,1-2H3,(H,17,18)(H2,15,16,19). The number of carbonyl (C=O) groups excluding carboxylic acids is 1. The van der Waals surface area contributed by atoms with E-state index in [-0.39, 0.29) is 6.04 Å². The number of carboxylic acid groups (broad SMARTS) is 1. The van der Waals surface area contributed by atoms with E-state index in [2.05, 4.69) is 10.6 Å². The number of benzene rings is 1. The van der Waals surface area contributed by atoms with Crippen molar-refractivity contribution in [3.8, 4) is 0 Å². The Hall–Kier alpha value is -1.46. The Bertz CT molecular complexity index is 494. The number of aliphatic carboxylic acids is 1. The zero-order chi connectivity index (χ0) is 14.6. The fourth-order valence-corrected chi connectivity index (χ4v) is 2.00. The molecule has 0 fully saturated rings. The fraction of sp³-hybridized carbons (Fsp3) is 0.333. The van der Waals surface area contributed by atoms with Crippen molar-refractivity contribution in [2.45, 2.75) is 25.9 Å². The van der Waals surface area contributed by atoms with Crippen LogP contribution in [0.1, 0.15) is 25.5 Å². The third-order valence-corrected chi connectivity index (χ3v) is 3.06. The predicted octanol–water partition coefficient (Wildman–Crippen LogP) is 2.83. The van der Waals surface area contributed by atoms with Crippen LogP contribution in [0, 0.1) is 0 Å². The Balaban J connectivity index is 2.66. The molecule has 5 nitrogen and oxygen atoms in total. The molecule has 0 aliphatic carbocycles. The van der Waals surface area contributed by atoms with Gasteiger partial charge in [0.1, 0.15) is 6.04 Å². The number of nitrogens with one attached hydrogen (secondary N) is 2. The number of carbonyl (C=O) groups is 2. The molecule has 0 heterocycles. The summed E-state index contributed by atoms with van der Waals surface area (Å²) in [5.74, 6) is -1.10. The van der Waals surface area contributed by atoms with Gasteiger partial charge in [0, 0.05) is 10.0 Å². The summed E-state index contributed by atoms with van der Waals surface area (Å²) in [6.45, 7) is 3.11. The zero-order valence-corrected chi connectivity index (χ0v) is 11.9. The van der Waals surface area contributed by atoms with E-state index in [1.54, 1.807) is 25.1 Å². The second-order valence-corrected chi connectivity index (χ2v) is 4.91. The van der Waals surface area contributed by atoms with Crippen LogP contribution in [-0.2, 0) is 4.79 Å². The molecule has 2 atom stereocenters. The molecular weight excluding hydrogens is 291 g/mol. The zero-order valence-electron chi connectivity index (χ0n) is 10.4. The van der Waals surface area contributed by atoms with Crippen LogP contribution in [0.3, 0.4) is 0 Å². The lowest BCUT2D eigenvalue weighted by Crippen LogP contribution is -2.45. The molecule has 1 aromatic carbocycles. The average Bonchev–Trinajstić information content (AvgIpc) is 2.27. The van der Waals surface area contributed by atoms with Crippen molar-refractivity contribution >= 4 is 35.2 Å². The van der Waals surface area contributed by atoms with Crippen molar-refractivity contribution in [3.05, 3.63) is 33.8 Å². The summed E-state index contributed by atoms with van der Waals surface area (Å²) in [4.78, 5) is 22.2. The Kier molecular flexibility index (Phi) is 5.44. The summed E-state index contributed by atoms with van der Waals surface area (Å²) < 4.78 is 0. The van der Waals surface area contributed by atoms with Crippen molar-refractivity contribution in [2.75, 3.05) is 0 Å². The van der Waals surface area contributed by atoms with E-state index in [0.717, 1.165) is 0 Å². The van der Waals surface area contributed by atoms with Crippen LogP contribution in [0.2, 0.25) is 10.0 Å². The lowest BCUT2D eigenvalue weighted by atomic mass is 10.1. The fourth-order valence-electron chi connectivity index (χ4n) is 1.43. The molecule has 0 saturated heterocycles. The van der Waals surface area contributed by atoms with E-state index in [1.807, 2.05) is 0 Å². The summed E-state index contributed by atoms with van der Waals surface area (Å²) in [6, 6.07) is 3.04. The van der Waals surface area contributed by atoms with Crippen LogP contribution in [-0.4, -0.2) is 23.1 Å². The second kappa shape index (κ2) is 6.63. The van der Waals surface area contributed by atoms with Crippen LogP contribution in [0.15, 0.2) is 18.2 Å². The van der Waals surface area contributed by atoms with Gasteiger partial charge in [0.05, 0.1) is 6.04 Å². The Morgan fingerprint density at radius 2 is 1.84 bits per heavy atom. The second-order valence-electron chi connectivity index (χ2n) is 4.07. The first-order chi connectivity index (χ1) is 8.81. The highest BCUT2D eigenvalue weighted by Crippen LogP contribution is 2.25. The third-order valence-electron chi connectivity index (χ3n) is 2.49. The summed E-state index contributed by atoms with van der Waals surface area (Å²) in [6.07, 6.45) is 0. The van der Waals surface area contributed by atoms with Gasteiger partial charge in [0.2, 0.25) is 0 Å². The van der Waals surface area contributed by atoms with Gasteiger partial charge < -0.3 is 15.7 Å². The van der Waals surface area contributed by atoms with E-state index in [4.69, 9.17) is 28.3 Å². The van der Waals surface area contributed by atoms with Crippen LogP contribution >= 0.6 is 23.2 Å². The number of hydrogen-bond acceptors (Lipinski definition) is 2. The maximum Gasteiger partial charge on any atom is 0.325 e. The smallest absolute Gasteiger partial charge is 0.325 e. The predicted molar refractivity (Wildman–Crippen MR) is 73.6 cm³/mol. The minimum Gasteiger partial charge on any atom is -0.480 e. The number of hydrogen-bond donors (Lipinski definition) is 3. The molecular formula is C12H14Cl2N2O3. The molecule has 7 heteroatoms. The molecule has 0 aliphatic heterocycles. The molecule has 19 heavy (non-hydrogen) atoms. The quantitative estimate of drug-likeness (QED) is 0.800. The Labute approximate surface area is 120 Å². The highest BCUT2D eigenvalue weighted by atomic mass is 35.5. The molecule has 0 radical (unpaired) electrons. The summed E-state index contributed by atoms with van der Waals surface area (Å²) >= 11 is 11.8. The maximum atomic E-state index is 11.6. The van der Waals surface area contributed by atoms with Gasteiger partial charge in [-0.2, -0.15) is 0 Å². The lowest BCUT2D eigenvalue weighted by molar-refractivity contribution is -0.138. The molecule has 104 valence electrons.